The number of fused-ring (bicyclic) bond motifs is 2. The summed E-state index contributed by atoms with van der Waals surface area (Å²) in [4.78, 5) is 27.7. The van der Waals surface area contributed by atoms with Gasteiger partial charge in [0.15, 0.2) is 0 Å². The van der Waals surface area contributed by atoms with Crippen molar-refractivity contribution in [1.82, 2.24) is 19.9 Å². The summed E-state index contributed by atoms with van der Waals surface area (Å²) in [5.74, 6) is 3.21. The number of likely N-dealkylation sites (tertiary alicyclic amines) is 1. The predicted octanol–water partition coefficient (Wildman–Crippen LogP) is 6.56. The van der Waals surface area contributed by atoms with Crippen molar-refractivity contribution in [3.05, 3.63) is 71.4 Å². The molecule has 2 saturated carbocycles. The third-order valence-corrected chi connectivity index (χ3v) is 8.79. The van der Waals surface area contributed by atoms with E-state index in [1.54, 1.807) is 12.1 Å². The number of nitrogens with one attached hydrogen (secondary N) is 1. The fourth-order valence-electron chi connectivity index (χ4n) is 6.59. The summed E-state index contributed by atoms with van der Waals surface area (Å²) in [6.07, 6.45) is 10.0. The molecule has 2 aromatic heterocycles. The van der Waals surface area contributed by atoms with E-state index in [-0.39, 0.29) is 11.7 Å². The molecule has 1 atom stereocenters. The maximum Gasteiger partial charge on any atom is 0.253 e. The Hall–Kier alpha value is -3.28. The zero-order chi connectivity index (χ0) is 24.2. The molecule has 3 heterocycles. The molecule has 3 aliphatic rings. The van der Waals surface area contributed by atoms with Crippen molar-refractivity contribution in [1.29, 1.82) is 0 Å². The molecule has 3 fully saturated rings. The number of carbonyl (C=O) groups excluding carboxylic acids is 1. The van der Waals surface area contributed by atoms with Gasteiger partial charge in [0.05, 0.1) is 16.6 Å². The predicted molar refractivity (Wildman–Crippen MR) is 138 cm³/mol. The van der Waals surface area contributed by atoms with E-state index >= 15 is 0 Å². The average molecular weight is 483 g/mol. The van der Waals surface area contributed by atoms with Crippen molar-refractivity contribution in [3.63, 3.8) is 0 Å². The summed E-state index contributed by atoms with van der Waals surface area (Å²) in [6, 6.07) is 12.9. The van der Waals surface area contributed by atoms with E-state index in [0.29, 0.717) is 23.7 Å². The standard InChI is InChI=1S/C30H31FN4O/c31-22-9-11-25-24(17-22)23(12-13-32-25)18-2-4-19(5-3-18)28(20-6-7-20)29-33-26-10-8-21(16-27(26)34-29)30(36)35-14-1-15-35/h8-13,16-20,28H,1-7,14-15H2,(H,33,34)/t18?,19?,28-/m0/s1. The first-order valence-corrected chi connectivity index (χ1v) is 13.5. The molecule has 0 spiro atoms. The minimum Gasteiger partial charge on any atom is -0.342 e. The average Bonchev–Trinajstić information content (AvgIpc) is 3.60. The lowest BCUT2D eigenvalue weighted by atomic mass is 9.72. The molecule has 0 radical (unpaired) electrons. The molecule has 1 N–H and O–H groups in total. The van der Waals surface area contributed by atoms with Crippen LogP contribution in [0.15, 0.2) is 48.7 Å². The van der Waals surface area contributed by atoms with Crippen LogP contribution in [0.4, 0.5) is 4.39 Å². The van der Waals surface area contributed by atoms with Gasteiger partial charge < -0.3 is 9.88 Å². The minimum absolute atomic E-state index is 0.125. The van der Waals surface area contributed by atoms with Crippen LogP contribution in [0.3, 0.4) is 0 Å². The lowest BCUT2D eigenvalue weighted by molar-refractivity contribution is 0.0652. The van der Waals surface area contributed by atoms with E-state index in [9.17, 15) is 9.18 Å². The Labute approximate surface area is 210 Å². The third kappa shape index (κ3) is 3.87. The number of H-pyrrole nitrogens is 1. The number of benzene rings is 2. The van der Waals surface area contributed by atoms with Crippen LogP contribution in [0.2, 0.25) is 0 Å². The van der Waals surface area contributed by atoms with Gasteiger partial charge in [-0.2, -0.15) is 0 Å². The Morgan fingerprint density at radius 3 is 2.42 bits per heavy atom. The molecule has 0 unspecified atom stereocenters. The number of rotatable bonds is 5. The number of hydrogen-bond donors (Lipinski definition) is 1. The second-order valence-electron chi connectivity index (χ2n) is 11.0. The molecule has 2 aromatic carbocycles. The summed E-state index contributed by atoms with van der Waals surface area (Å²) < 4.78 is 14.0. The Bertz CT molecular complexity index is 1450. The van der Waals surface area contributed by atoms with Crippen molar-refractivity contribution in [2.45, 2.75) is 56.8 Å². The molecular formula is C30H31FN4O. The molecular weight excluding hydrogens is 451 g/mol. The summed E-state index contributed by atoms with van der Waals surface area (Å²) in [6.45, 7) is 1.73. The Kier molecular flexibility index (Phi) is 5.30. The van der Waals surface area contributed by atoms with Crippen LogP contribution in [-0.4, -0.2) is 38.8 Å². The summed E-state index contributed by atoms with van der Waals surface area (Å²) >= 11 is 0. The fraction of sp³-hybridized carbons (Fsp3) is 0.433. The number of halogens is 1. The normalized spacial score (nSPS) is 23.1. The van der Waals surface area contributed by atoms with Gasteiger partial charge >= 0.3 is 0 Å². The Balaban J connectivity index is 1.12. The molecule has 1 aliphatic heterocycles. The van der Waals surface area contributed by atoms with Gasteiger partial charge in [0, 0.05) is 36.2 Å². The number of imidazole rings is 1. The molecule has 1 saturated heterocycles. The van der Waals surface area contributed by atoms with Gasteiger partial charge in [-0.1, -0.05) is 0 Å². The first-order valence-electron chi connectivity index (χ1n) is 13.5. The van der Waals surface area contributed by atoms with E-state index in [0.717, 1.165) is 78.5 Å². The number of hydrogen-bond acceptors (Lipinski definition) is 3. The van der Waals surface area contributed by atoms with Crippen molar-refractivity contribution in [3.8, 4) is 0 Å². The molecule has 36 heavy (non-hydrogen) atoms. The molecule has 7 rings (SSSR count). The van der Waals surface area contributed by atoms with Crippen LogP contribution >= 0.6 is 0 Å². The second kappa shape index (κ2) is 8.68. The zero-order valence-electron chi connectivity index (χ0n) is 20.4. The maximum absolute atomic E-state index is 14.0. The van der Waals surface area contributed by atoms with Crippen LogP contribution < -0.4 is 0 Å². The van der Waals surface area contributed by atoms with Gasteiger partial charge in [0.2, 0.25) is 0 Å². The highest BCUT2D eigenvalue weighted by molar-refractivity contribution is 5.97. The van der Waals surface area contributed by atoms with E-state index in [1.807, 2.05) is 29.3 Å². The van der Waals surface area contributed by atoms with Gasteiger partial charge in [0.1, 0.15) is 11.6 Å². The summed E-state index contributed by atoms with van der Waals surface area (Å²) in [5, 5.41) is 0.959. The number of carbonyl (C=O) groups is 1. The highest BCUT2D eigenvalue weighted by Crippen LogP contribution is 2.52. The first-order chi connectivity index (χ1) is 17.6. The van der Waals surface area contributed by atoms with Crippen LogP contribution in [0.5, 0.6) is 0 Å². The minimum atomic E-state index is -0.196. The summed E-state index contributed by atoms with van der Waals surface area (Å²) in [5.41, 5.74) is 4.79. The lowest BCUT2D eigenvalue weighted by Crippen LogP contribution is -2.41. The van der Waals surface area contributed by atoms with Gasteiger partial charge in [-0.25, -0.2) is 9.37 Å². The molecule has 0 bridgehead atoms. The summed E-state index contributed by atoms with van der Waals surface area (Å²) in [7, 11) is 0. The molecule has 184 valence electrons. The van der Waals surface area contributed by atoms with E-state index in [2.05, 4.69) is 16.0 Å². The fourth-order valence-corrected chi connectivity index (χ4v) is 6.59. The number of aromatic amines is 1. The van der Waals surface area contributed by atoms with Crippen molar-refractivity contribution < 1.29 is 9.18 Å². The van der Waals surface area contributed by atoms with Crippen LogP contribution in [0, 0.1) is 17.7 Å². The first kappa shape index (κ1) is 22.0. The maximum atomic E-state index is 14.0. The lowest BCUT2D eigenvalue weighted by Gasteiger charge is -2.34. The van der Waals surface area contributed by atoms with Crippen molar-refractivity contribution in [2.75, 3.05) is 13.1 Å². The molecule has 1 amide bonds. The van der Waals surface area contributed by atoms with Gasteiger partial charge in [0.25, 0.3) is 5.91 Å². The van der Waals surface area contributed by atoms with Crippen LogP contribution in [0.1, 0.15) is 78.5 Å². The van der Waals surface area contributed by atoms with E-state index in [1.165, 1.54) is 24.5 Å². The topological polar surface area (TPSA) is 61.9 Å². The van der Waals surface area contributed by atoms with E-state index in [4.69, 9.17) is 4.98 Å². The highest BCUT2D eigenvalue weighted by atomic mass is 19.1. The van der Waals surface area contributed by atoms with E-state index < -0.39 is 0 Å². The number of pyridine rings is 1. The molecule has 5 nitrogen and oxygen atoms in total. The smallest absolute Gasteiger partial charge is 0.253 e. The van der Waals surface area contributed by atoms with Crippen molar-refractivity contribution >= 4 is 27.8 Å². The van der Waals surface area contributed by atoms with Crippen LogP contribution in [0.25, 0.3) is 21.9 Å². The van der Waals surface area contributed by atoms with Crippen molar-refractivity contribution in [2.24, 2.45) is 11.8 Å². The van der Waals surface area contributed by atoms with Gasteiger partial charge in [-0.3, -0.25) is 9.78 Å². The quantitative estimate of drug-likeness (QED) is 0.350. The van der Waals surface area contributed by atoms with Gasteiger partial charge in [-0.05, 0) is 111 Å². The zero-order valence-corrected chi connectivity index (χ0v) is 20.4. The Morgan fingerprint density at radius 1 is 0.944 bits per heavy atom. The number of amides is 1. The van der Waals surface area contributed by atoms with Crippen LogP contribution in [-0.2, 0) is 0 Å². The number of aromatic nitrogens is 3. The molecule has 4 aromatic rings. The Morgan fingerprint density at radius 2 is 1.69 bits per heavy atom. The monoisotopic (exact) mass is 482 g/mol. The molecule has 2 aliphatic carbocycles. The highest BCUT2D eigenvalue weighted by Gasteiger charge is 2.41. The molecule has 6 heteroatoms. The van der Waals surface area contributed by atoms with Gasteiger partial charge in [-0.15, -0.1) is 0 Å². The largest absolute Gasteiger partial charge is 0.342 e. The number of nitrogens with zero attached hydrogens (tertiary/aromatic N) is 3. The second-order valence-corrected chi connectivity index (χ2v) is 11.0. The third-order valence-electron chi connectivity index (χ3n) is 8.79. The SMILES string of the molecule is O=C(c1ccc2nc([C@@H](C3CCC(c4ccnc5ccc(F)cc45)CC3)C3CC3)[nH]c2c1)N1CCC1.